The standard InChI is InChI=1S/C19H27ClN6O6S/c1-12(15(30-3)16-21-8-13(20)9-22-16)33(27,28)25-18-24-23-17(14-10-31-6-7-32-14)26(18)19(4-5-19)11-29-2/h8-9,12,14-15H,4-7,10-11H2,1-3H3,(H,24,25)/t12-,14-,15-/m0/s1. The summed E-state index contributed by atoms with van der Waals surface area (Å²) in [5.74, 6) is 0.791. The van der Waals surface area contributed by atoms with Crippen molar-refractivity contribution in [3.63, 3.8) is 0 Å². The molecule has 1 N–H and O–H groups in total. The summed E-state index contributed by atoms with van der Waals surface area (Å²) in [5.41, 5.74) is -0.449. The first-order valence-corrected chi connectivity index (χ1v) is 12.4. The van der Waals surface area contributed by atoms with Crippen molar-refractivity contribution in [2.45, 2.75) is 42.8 Å². The van der Waals surface area contributed by atoms with Gasteiger partial charge in [-0.05, 0) is 19.8 Å². The predicted octanol–water partition coefficient (Wildman–Crippen LogP) is 1.46. The predicted molar refractivity (Wildman–Crippen MR) is 117 cm³/mol. The van der Waals surface area contributed by atoms with Crippen LogP contribution in [0.25, 0.3) is 0 Å². The molecule has 12 nitrogen and oxygen atoms in total. The first-order valence-electron chi connectivity index (χ1n) is 10.5. The minimum absolute atomic E-state index is 0.0902. The molecule has 1 saturated heterocycles. The molecule has 2 aromatic heterocycles. The van der Waals surface area contributed by atoms with Crippen LogP contribution in [-0.4, -0.2) is 79.0 Å². The van der Waals surface area contributed by atoms with E-state index < -0.39 is 33.0 Å². The van der Waals surface area contributed by atoms with Gasteiger partial charge >= 0.3 is 0 Å². The van der Waals surface area contributed by atoms with E-state index in [0.717, 1.165) is 12.8 Å². The van der Waals surface area contributed by atoms with Crippen molar-refractivity contribution in [1.29, 1.82) is 0 Å². The van der Waals surface area contributed by atoms with Crippen LogP contribution in [0.15, 0.2) is 12.4 Å². The highest BCUT2D eigenvalue weighted by Crippen LogP contribution is 2.47. The zero-order valence-electron chi connectivity index (χ0n) is 18.6. The number of aromatic nitrogens is 5. The molecule has 0 radical (unpaired) electrons. The van der Waals surface area contributed by atoms with Gasteiger partial charge in [0.15, 0.2) is 11.6 Å². The number of methoxy groups -OCH3 is 2. The van der Waals surface area contributed by atoms with Crippen molar-refractivity contribution in [3.8, 4) is 0 Å². The summed E-state index contributed by atoms with van der Waals surface area (Å²) < 4.78 is 53.2. The van der Waals surface area contributed by atoms with E-state index >= 15 is 0 Å². The van der Waals surface area contributed by atoms with Gasteiger partial charge in [0, 0.05) is 26.6 Å². The minimum atomic E-state index is -3.99. The van der Waals surface area contributed by atoms with Crippen LogP contribution in [0.5, 0.6) is 0 Å². The van der Waals surface area contributed by atoms with Gasteiger partial charge in [-0.1, -0.05) is 11.6 Å². The van der Waals surface area contributed by atoms with Crippen molar-refractivity contribution in [1.82, 2.24) is 24.7 Å². The monoisotopic (exact) mass is 502 g/mol. The van der Waals surface area contributed by atoms with Crippen LogP contribution in [-0.2, 0) is 34.5 Å². The second-order valence-electron chi connectivity index (χ2n) is 8.08. The van der Waals surface area contributed by atoms with E-state index in [1.165, 1.54) is 26.4 Å². The van der Waals surface area contributed by atoms with Gasteiger partial charge in [0.2, 0.25) is 16.0 Å². The average Bonchev–Trinajstić information content (AvgIpc) is 3.46. The number of anilines is 1. The van der Waals surface area contributed by atoms with Crippen LogP contribution < -0.4 is 4.72 Å². The van der Waals surface area contributed by atoms with Crippen molar-refractivity contribution in [3.05, 3.63) is 29.1 Å². The topological polar surface area (TPSA) is 140 Å². The number of nitrogens with zero attached hydrogens (tertiary/aromatic N) is 5. The first-order chi connectivity index (χ1) is 15.8. The van der Waals surface area contributed by atoms with Gasteiger partial charge in [0.05, 0.1) is 37.0 Å². The lowest BCUT2D eigenvalue weighted by Gasteiger charge is -2.27. The lowest BCUT2D eigenvalue weighted by Crippen LogP contribution is -2.36. The Morgan fingerprint density at radius 2 is 2.00 bits per heavy atom. The minimum Gasteiger partial charge on any atom is -0.382 e. The van der Waals surface area contributed by atoms with Crippen LogP contribution in [0.1, 0.15) is 43.6 Å². The van der Waals surface area contributed by atoms with Crippen molar-refractivity contribution < 1.29 is 27.4 Å². The molecule has 182 valence electrons. The number of halogens is 1. The fraction of sp³-hybridized carbons (Fsp3) is 0.684. The Hall–Kier alpha value is -1.90. The molecule has 0 bridgehead atoms. The molecule has 33 heavy (non-hydrogen) atoms. The van der Waals surface area contributed by atoms with E-state index in [9.17, 15) is 8.42 Å². The van der Waals surface area contributed by atoms with Crippen LogP contribution in [0.4, 0.5) is 5.95 Å². The van der Waals surface area contributed by atoms with Crippen LogP contribution in [0.3, 0.4) is 0 Å². The molecular formula is C19H27ClN6O6S. The zero-order valence-corrected chi connectivity index (χ0v) is 20.2. The summed E-state index contributed by atoms with van der Waals surface area (Å²) in [6.45, 7) is 3.12. The molecule has 1 aliphatic heterocycles. The Balaban J connectivity index is 1.64. The number of sulfonamides is 1. The fourth-order valence-corrected chi connectivity index (χ4v) is 5.11. The van der Waals surface area contributed by atoms with Gasteiger partial charge in [-0.25, -0.2) is 18.4 Å². The summed E-state index contributed by atoms with van der Waals surface area (Å²) in [5, 5.41) is 7.70. The fourth-order valence-electron chi connectivity index (χ4n) is 3.88. The summed E-state index contributed by atoms with van der Waals surface area (Å²) in [6.07, 6.45) is 2.98. The number of hydrogen-bond acceptors (Lipinski definition) is 10. The van der Waals surface area contributed by atoms with E-state index in [4.69, 9.17) is 30.5 Å². The smallest absolute Gasteiger partial charge is 0.240 e. The van der Waals surface area contributed by atoms with Crippen molar-refractivity contribution in [2.24, 2.45) is 0 Å². The quantitative estimate of drug-likeness (QED) is 0.507. The molecule has 0 amide bonds. The zero-order chi connectivity index (χ0) is 23.6. The molecule has 0 unspecified atom stereocenters. The van der Waals surface area contributed by atoms with Gasteiger partial charge in [-0.15, -0.1) is 10.2 Å². The average molecular weight is 503 g/mol. The molecule has 4 rings (SSSR count). The third-order valence-corrected chi connectivity index (χ3v) is 7.69. The highest BCUT2D eigenvalue weighted by Gasteiger charge is 2.49. The summed E-state index contributed by atoms with van der Waals surface area (Å²) in [4.78, 5) is 8.21. The molecule has 2 aliphatic rings. The molecule has 1 aliphatic carbocycles. The van der Waals surface area contributed by atoms with Gasteiger partial charge < -0.3 is 18.9 Å². The van der Waals surface area contributed by atoms with E-state index in [2.05, 4.69) is 24.9 Å². The Bertz CT molecular complexity index is 1060. The van der Waals surface area contributed by atoms with Crippen LogP contribution >= 0.6 is 11.6 Å². The Morgan fingerprint density at radius 1 is 1.27 bits per heavy atom. The van der Waals surface area contributed by atoms with E-state index in [1.807, 2.05) is 0 Å². The van der Waals surface area contributed by atoms with E-state index in [-0.39, 0.29) is 11.8 Å². The normalized spacial score (nSPS) is 22.0. The molecule has 1 saturated carbocycles. The number of nitrogens with one attached hydrogen (secondary N) is 1. The lowest BCUT2D eigenvalue weighted by molar-refractivity contribution is -0.0956. The second-order valence-corrected chi connectivity index (χ2v) is 10.6. The molecule has 0 aromatic carbocycles. The van der Waals surface area contributed by atoms with Crippen molar-refractivity contribution >= 4 is 27.6 Å². The highest BCUT2D eigenvalue weighted by atomic mass is 35.5. The largest absolute Gasteiger partial charge is 0.382 e. The maximum absolute atomic E-state index is 13.3. The summed E-state index contributed by atoms with van der Waals surface area (Å²) in [6, 6.07) is 0. The third-order valence-electron chi connectivity index (χ3n) is 5.80. The molecule has 2 aromatic rings. The molecular weight excluding hydrogens is 476 g/mol. The van der Waals surface area contributed by atoms with Gasteiger partial charge in [0.1, 0.15) is 17.5 Å². The molecule has 2 fully saturated rings. The summed E-state index contributed by atoms with van der Waals surface area (Å²) >= 11 is 5.85. The maximum Gasteiger partial charge on any atom is 0.240 e. The maximum atomic E-state index is 13.3. The van der Waals surface area contributed by atoms with Gasteiger partial charge in [-0.3, -0.25) is 9.29 Å². The second kappa shape index (κ2) is 9.76. The Kier molecular flexibility index (Phi) is 7.17. The van der Waals surface area contributed by atoms with Crippen molar-refractivity contribution in [2.75, 3.05) is 45.4 Å². The number of ether oxygens (including phenoxy) is 4. The molecule has 14 heteroatoms. The first kappa shape index (κ1) is 24.2. The molecule has 3 heterocycles. The van der Waals surface area contributed by atoms with E-state index in [1.54, 1.807) is 11.7 Å². The lowest BCUT2D eigenvalue weighted by atomic mass is 10.2. The van der Waals surface area contributed by atoms with Crippen LogP contribution in [0, 0.1) is 0 Å². The SMILES string of the molecule is COCC1(n2c(NS(=O)(=O)[C@@H](C)[C@H](OC)c3ncc(Cl)cn3)nnc2[C@@H]2COCCO2)CC1. The number of hydrogen-bond donors (Lipinski definition) is 1. The Labute approximate surface area is 197 Å². The Morgan fingerprint density at radius 3 is 2.58 bits per heavy atom. The third kappa shape index (κ3) is 4.98. The number of rotatable bonds is 10. The summed E-state index contributed by atoms with van der Waals surface area (Å²) in [7, 11) is -0.995. The van der Waals surface area contributed by atoms with Crippen LogP contribution in [0.2, 0.25) is 5.02 Å². The molecule has 0 spiro atoms. The van der Waals surface area contributed by atoms with Gasteiger partial charge in [0.25, 0.3) is 0 Å². The molecule has 3 atom stereocenters. The van der Waals surface area contributed by atoms with Gasteiger partial charge in [-0.2, -0.15) is 0 Å². The van der Waals surface area contributed by atoms with E-state index in [0.29, 0.717) is 37.3 Å². The highest BCUT2D eigenvalue weighted by molar-refractivity contribution is 7.93.